The average Bonchev–Trinajstić information content (AvgIpc) is 2.99. The molecule has 0 radical (unpaired) electrons. The monoisotopic (exact) mass is 365 g/mol. The van der Waals surface area contributed by atoms with Crippen LogP contribution in [-0.4, -0.2) is 28.0 Å². The molecule has 0 spiro atoms. The summed E-state index contributed by atoms with van der Waals surface area (Å²) in [4.78, 5) is 12.4. The van der Waals surface area contributed by atoms with Crippen LogP contribution in [0.15, 0.2) is 28.6 Å². The molecule has 0 fully saturated rings. The van der Waals surface area contributed by atoms with Gasteiger partial charge in [0.1, 0.15) is 5.75 Å². The van der Waals surface area contributed by atoms with Crippen molar-refractivity contribution in [1.82, 2.24) is 10.2 Å². The van der Waals surface area contributed by atoms with E-state index in [-0.39, 0.29) is 5.91 Å². The maximum atomic E-state index is 12.4. The van der Waals surface area contributed by atoms with Gasteiger partial charge in [-0.25, -0.2) is 0 Å². The highest BCUT2D eigenvalue weighted by Gasteiger charge is 2.20. The number of benzene rings is 1. The van der Waals surface area contributed by atoms with Crippen LogP contribution < -0.4 is 10.1 Å². The van der Waals surface area contributed by atoms with E-state index in [4.69, 9.17) is 4.74 Å². The van der Waals surface area contributed by atoms with Crippen molar-refractivity contribution >= 4 is 34.1 Å². The summed E-state index contributed by atoms with van der Waals surface area (Å²) in [6.07, 6.45) is 0.0234. The molecule has 1 aromatic heterocycles. The van der Waals surface area contributed by atoms with Crippen LogP contribution in [0.25, 0.3) is 0 Å². The topological polar surface area (TPSA) is 64.1 Å². The summed E-state index contributed by atoms with van der Waals surface area (Å²) in [5, 5.41) is 11.5. The molecular formula is C17H23N3O2S2. The molecule has 0 unspecified atom stereocenters. The standard InChI is InChI=1S/C17H23N3O2S2/c1-5-13(22-14-9-7-6-8-12(14)4)15(21)18-16-19-20-17(24-16)23-10-11(2)3/h6-9,11,13H,5,10H2,1-4H3,(H,18,19,21)/t13-/m0/s1. The van der Waals surface area contributed by atoms with Gasteiger partial charge in [-0.15, -0.1) is 10.2 Å². The first kappa shape index (κ1) is 18.7. The molecule has 0 saturated carbocycles. The molecule has 2 rings (SSSR count). The summed E-state index contributed by atoms with van der Waals surface area (Å²) in [7, 11) is 0. The number of aryl methyl sites for hydroxylation is 1. The average molecular weight is 366 g/mol. The Morgan fingerprint density at radius 1 is 1.33 bits per heavy atom. The number of amides is 1. The summed E-state index contributed by atoms with van der Waals surface area (Å²) >= 11 is 3.05. The third-order valence-electron chi connectivity index (χ3n) is 3.20. The lowest BCUT2D eigenvalue weighted by molar-refractivity contribution is -0.122. The van der Waals surface area contributed by atoms with Gasteiger partial charge >= 0.3 is 0 Å². The maximum absolute atomic E-state index is 12.4. The molecule has 24 heavy (non-hydrogen) atoms. The van der Waals surface area contributed by atoms with Crippen molar-refractivity contribution in [3.05, 3.63) is 29.8 Å². The molecular weight excluding hydrogens is 342 g/mol. The van der Waals surface area contributed by atoms with Crippen molar-refractivity contribution in [2.24, 2.45) is 5.92 Å². The lowest BCUT2D eigenvalue weighted by Crippen LogP contribution is -2.32. The van der Waals surface area contributed by atoms with Crippen molar-refractivity contribution in [1.29, 1.82) is 0 Å². The molecule has 0 aliphatic rings. The van der Waals surface area contributed by atoms with Gasteiger partial charge in [0, 0.05) is 5.75 Å². The fraction of sp³-hybridized carbons (Fsp3) is 0.471. The van der Waals surface area contributed by atoms with Gasteiger partial charge in [0.25, 0.3) is 5.91 Å². The molecule has 1 atom stereocenters. The molecule has 0 bridgehead atoms. The van der Waals surface area contributed by atoms with E-state index in [0.717, 1.165) is 21.4 Å². The summed E-state index contributed by atoms with van der Waals surface area (Å²) in [5.41, 5.74) is 1.01. The van der Waals surface area contributed by atoms with Gasteiger partial charge in [-0.1, -0.05) is 62.1 Å². The smallest absolute Gasteiger partial charge is 0.267 e. The molecule has 0 saturated heterocycles. The highest BCUT2D eigenvalue weighted by Crippen LogP contribution is 2.27. The minimum atomic E-state index is -0.554. The van der Waals surface area contributed by atoms with Gasteiger partial charge in [0.15, 0.2) is 10.4 Å². The highest BCUT2D eigenvalue weighted by molar-refractivity contribution is 8.01. The number of anilines is 1. The van der Waals surface area contributed by atoms with Crippen LogP contribution in [0.3, 0.4) is 0 Å². The Bertz CT molecular complexity index is 673. The van der Waals surface area contributed by atoms with Crippen LogP contribution in [0.1, 0.15) is 32.8 Å². The first-order valence-corrected chi connectivity index (χ1v) is 9.79. The van der Waals surface area contributed by atoms with Crippen LogP contribution in [-0.2, 0) is 4.79 Å². The zero-order chi connectivity index (χ0) is 17.5. The quantitative estimate of drug-likeness (QED) is 0.555. The van der Waals surface area contributed by atoms with Crippen LogP contribution in [0.5, 0.6) is 5.75 Å². The van der Waals surface area contributed by atoms with Crippen molar-refractivity contribution in [2.75, 3.05) is 11.1 Å². The lowest BCUT2D eigenvalue weighted by Gasteiger charge is -2.17. The van der Waals surface area contributed by atoms with E-state index in [9.17, 15) is 4.79 Å². The Balaban J connectivity index is 1.95. The number of carbonyl (C=O) groups is 1. The second kappa shape index (κ2) is 9.03. The summed E-state index contributed by atoms with van der Waals surface area (Å²) < 4.78 is 6.72. The second-order valence-corrected chi connectivity index (χ2v) is 8.09. The summed E-state index contributed by atoms with van der Waals surface area (Å²) in [6, 6.07) is 7.68. The number of ether oxygens (including phenoxy) is 1. The number of thioether (sulfide) groups is 1. The van der Waals surface area contributed by atoms with Crippen LogP contribution in [0.2, 0.25) is 0 Å². The van der Waals surface area contributed by atoms with Gasteiger partial charge in [-0.05, 0) is 30.9 Å². The van der Waals surface area contributed by atoms with Crippen molar-refractivity contribution < 1.29 is 9.53 Å². The second-order valence-electron chi connectivity index (χ2n) is 5.85. The number of hydrogen-bond acceptors (Lipinski definition) is 6. The van der Waals surface area contributed by atoms with E-state index in [2.05, 4.69) is 29.4 Å². The van der Waals surface area contributed by atoms with E-state index in [1.165, 1.54) is 11.3 Å². The molecule has 1 amide bonds. The number of nitrogens with one attached hydrogen (secondary N) is 1. The summed E-state index contributed by atoms with van der Waals surface area (Å²) in [6.45, 7) is 8.20. The van der Waals surface area contributed by atoms with Crippen molar-refractivity contribution in [3.63, 3.8) is 0 Å². The van der Waals surface area contributed by atoms with Crippen LogP contribution in [0.4, 0.5) is 5.13 Å². The third kappa shape index (κ3) is 5.49. The molecule has 0 aliphatic carbocycles. The molecule has 1 aromatic carbocycles. The normalized spacial score (nSPS) is 12.2. The molecule has 7 heteroatoms. The highest BCUT2D eigenvalue weighted by atomic mass is 32.2. The van der Waals surface area contributed by atoms with Crippen LogP contribution >= 0.6 is 23.1 Å². The number of nitrogens with zero attached hydrogens (tertiary/aromatic N) is 2. The number of carbonyl (C=O) groups excluding carboxylic acids is 1. The molecule has 130 valence electrons. The zero-order valence-electron chi connectivity index (χ0n) is 14.4. The van der Waals surface area contributed by atoms with Crippen molar-refractivity contribution in [2.45, 2.75) is 44.6 Å². The maximum Gasteiger partial charge on any atom is 0.267 e. The van der Waals surface area contributed by atoms with E-state index >= 15 is 0 Å². The minimum absolute atomic E-state index is 0.197. The van der Waals surface area contributed by atoms with Gasteiger partial charge < -0.3 is 4.74 Å². The predicted molar refractivity (Wildman–Crippen MR) is 100.0 cm³/mol. The molecule has 1 heterocycles. The largest absolute Gasteiger partial charge is 0.480 e. The first-order chi connectivity index (χ1) is 11.5. The van der Waals surface area contributed by atoms with Crippen LogP contribution in [0, 0.1) is 12.8 Å². The number of rotatable bonds is 8. The van der Waals surface area contributed by atoms with E-state index in [1.807, 2.05) is 38.1 Å². The Morgan fingerprint density at radius 3 is 2.75 bits per heavy atom. The molecule has 1 N–H and O–H groups in total. The molecule has 5 nitrogen and oxygen atoms in total. The van der Waals surface area contributed by atoms with Gasteiger partial charge in [0.2, 0.25) is 5.13 Å². The van der Waals surface area contributed by atoms with E-state index in [0.29, 0.717) is 17.5 Å². The Morgan fingerprint density at radius 2 is 2.08 bits per heavy atom. The third-order valence-corrected chi connectivity index (χ3v) is 5.60. The fourth-order valence-electron chi connectivity index (χ4n) is 1.91. The Kier molecular flexibility index (Phi) is 7.05. The van der Waals surface area contributed by atoms with E-state index < -0.39 is 6.10 Å². The summed E-state index contributed by atoms with van der Waals surface area (Å²) in [5.74, 6) is 2.10. The van der Waals surface area contributed by atoms with Gasteiger partial charge in [-0.3, -0.25) is 10.1 Å². The molecule has 0 aliphatic heterocycles. The zero-order valence-corrected chi connectivity index (χ0v) is 16.0. The van der Waals surface area contributed by atoms with Gasteiger partial charge in [-0.2, -0.15) is 0 Å². The molecule has 2 aromatic rings. The fourth-order valence-corrected chi connectivity index (χ4v) is 3.64. The Hall–Kier alpha value is -1.60. The Labute approximate surface area is 151 Å². The SMILES string of the molecule is CC[C@H](Oc1ccccc1C)C(=O)Nc1nnc(SCC(C)C)s1. The lowest BCUT2D eigenvalue weighted by atomic mass is 10.2. The van der Waals surface area contributed by atoms with Crippen molar-refractivity contribution in [3.8, 4) is 5.75 Å². The minimum Gasteiger partial charge on any atom is -0.480 e. The predicted octanol–water partition coefficient (Wildman–Crippen LogP) is 4.39. The first-order valence-electron chi connectivity index (χ1n) is 7.99. The number of hydrogen-bond donors (Lipinski definition) is 1. The number of para-hydroxylation sites is 1. The number of aromatic nitrogens is 2. The van der Waals surface area contributed by atoms with Gasteiger partial charge in [0.05, 0.1) is 0 Å². The van der Waals surface area contributed by atoms with E-state index in [1.54, 1.807) is 11.8 Å².